The molecule has 2 N–H and O–H groups in total. The maximum atomic E-state index is 13.1. The van der Waals surface area contributed by atoms with E-state index in [2.05, 4.69) is 21.2 Å². The Bertz CT molecular complexity index is 1290. The summed E-state index contributed by atoms with van der Waals surface area (Å²) in [6.07, 6.45) is 1.69. The molecule has 0 radical (unpaired) electrons. The Labute approximate surface area is 210 Å². The van der Waals surface area contributed by atoms with Gasteiger partial charge in [-0.3, -0.25) is 19.9 Å². The number of ether oxygens (including phenoxy) is 1. The van der Waals surface area contributed by atoms with Gasteiger partial charge in [0.15, 0.2) is 11.8 Å². The lowest BCUT2D eigenvalue weighted by Crippen LogP contribution is -2.28. The lowest BCUT2D eigenvalue weighted by molar-refractivity contribution is -0.118. The standard InChI is InChI=1S/C26H22BrN3O3S/c1-16-3-8-20(9-4-16)29-24(31)15-33-22-12-7-19(27)13-18(22)14-23-25(32)30(26(28)34-23)21-10-5-17(2)6-11-21/h3-14,28H,15H2,1-2H3,(H,29,31)/b23-14-,28-26?. The van der Waals surface area contributed by atoms with Gasteiger partial charge in [0.1, 0.15) is 5.75 Å². The van der Waals surface area contributed by atoms with Gasteiger partial charge < -0.3 is 10.1 Å². The average molecular weight is 536 g/mol. The first-order valence-electron chi connectivity index (χ1n) is 10.5. The van der Waals surface area contributed by atoms with Crippen LogP contribution in [0.25, 0.3) is 6.08 Å². The number of halogens is 1. The van der Waals surface area contributed by atoms with Crippen LogP contribution in [0.3, 0.4) is 0 Å². The minimum absolute atomic E-state index is 0.134. The third-order valence-electron chi connectivity index (χ3n) is 5.07. The minimum atomic E-state index is -0.288. The van der Waals surface area contributed by atoms with Crippen LogP contribution >= 0.6 is 27.7 Å². The molecule has 172 valence electrons. The SMILES string of the molecule is Cc1ccc(NC(=O)COc2ccc(Br)cc2/C=C2\SC(=N)N(c3ccc(C)cc3)C2=O)cc1. The summed E-state index contributed by atoms with van der Waals surface area (Å²) in [5, 5.41) is 11.2. The van der Waals surface area contributed by atoms with Gasteiger partial charge >= 0.3 is 0 Å². The molecule has 0 unspecified atom stereocenters. The van der Waals surface area contributed by atoms with Crippen molar-refractivity contribution in [2.75, 3.05) is 16.8 Å². The van der Waals surface area contributed by atoms with Crippen molar-refractivity contribution >= 4 is 62.1 Å². The Hall–Kier alpha value is -3.36. The first kappa shape index (κ1) is 23.8. The van der Waals surface area contributed by atoms with Crippen LogP contribution in [0.1, 0.15) is 16.7 Å². The summed E-state index contributed by atoms with van der Waals surface area (Å²) in [7, 11) is 0. The molecule has 4 rings (SSSR count). The van der Waals surface area contributed by atoms with Crippen molar-refractivity contribution in [3.05, 3.63) is 92.8 Å². The number of carbonyl (C=O) groups excluding carboxylic acids is 2. The fourth-order valence-corrected chi connectivity index (χ4v) is 4.53. The summed E-state index contributed by atoms with van der Waals surface area (Å²) in [5.41, 5.74) is 4.16. The van der Waals surface area contributed by atoms with E-state index in [-0.39, 0.29) is 23.6 Å². The first-order chi connectivity index (χ1) is 16.3. The number of nitrogens with one attached hydrogen (secondary N) is 2. The smallest absolute Gasteiger partial charge is 0.271 e. The molecule has 1 fully saturated rings. The van der Waals surface area contributed by atoms with Crippen LogP contribution in [0.15, 0.2) is 76.1 Å². The third-order valence-corrected chi connectivity index (χ3v) is 6.45. The predicted molar refractivity (Wildman–Crippen MR) is 141 cm³/mol. The monoisotopic (exact) mass is 535 g/mol. The van der Waals surface area contributed by atoms with Crippen molar-refractivity contribution in [3.8, 4) is 5.75 Å². The molecule has 1 heterocycles. The van der Waals surface area contributed by atoms with Gasteiger partial charge in [-0.1, -0.05) is 51.3 Å². The highest BCUT2D eigenvalue weighted by atomic mass is 79.9. The van der Waals surface area contributed by atoms with E-state index in [1.807, 2.05) is 68.4 Å². The van der Waals surface area contributed by atoms with E-state index < -0.39 is 0 Å². The molecular formula is C26H22BrN3O3S. The average Bonchev–Trinajstić information content (AvgIpc) is 3.08. The minimum Gasteiger partial charge on any atom is -0.483 e. The lowest BCUT2D eigenvalue weighted by Gasteiger charge is -2.14. The number of nitrogens with zero attached hydrogens (tertiary/aromatic N) is 1. The van der Waals surface area contributed by atoms with Gasteiger partial charge in [0.05, 0.1) is 10.6 Å². The summed E-state index contributed by atoms with van der Waals surface area (Å²) in [4.78, 5) is 27.2. The molecule has 0 aliphatic carbocycles. The molecule has 8 heteroatoms. The number of amides is 2. The molecule has 6 nitrogen and oxygen atoms in total. The van der Waals surface area contributed by atoms with Crippen molar-refractivity contribution in [2.24, 2.45) is 0 Å². The molecule has 0 atom stereocenters. The first-order valence-corrected chi connectivity index (χ1v) is 12.1. The molecule has 0 spiro atoms. The zero-order valence-electron chi connectivity index (χ0n) is 18.6. The van der Waals surface area contributed by atoms with Gasteiger partial charge in [0, 0.05) is 15.7 Å². The van der Waals surface area contributed by atoms with Crippen LogP contribution < -0.4 is 15.0 Å². The maximum absolute atomic E-state index is 13.1. The quantitative estimate of drug-likeness (QED) is 0.371. The second-order valence-electron chi connectivity index (χ2n) is 7.78. The van der Waals surface area contributed by atoms with E-state index in [4.69, 9.17) is 10.1 Å². The van der Waals surface area contributed by atoms with E-state index in [1.54, 1.807) is 18.2 Å². The molecule has 1 aliphatic rings. The number of thioether (sulfide) groups is 1. The summed E-state index contributed by atoms with van der Waals surface area (Å²) in [6.45, 7) is 3.77. The van der Waals surface area contributed by atoms with Gasteiger partial charge in [0.25, 0.3) is 11.8 Å². The van der Waals surface area contributed by atoms with Crippen LogP contribution in [0.2, 0.25) is 0 Å². The molecule has 1 aliphatic heterocycles. The molecule has 3 aromatic carbocycles. The second-order valence-corrected chi connectivity index (χ2v) is 9.72. The number of aryl methyl sites for hydroxylation is 2. The molecule has 1 saturated heterocycles. The molecule has 0 aromatic heterocycles. The van der Waals surface area contributed by atoms with Crippen LogP contribution in [0, 0.1) is 19.3 Å². The summed E-state index contributed by atoms with van der Waals surface area (Å²) >= 11 is 4.54. The molecule has 2 amide bonds. The van der Waals surface area contributed by atoms with Gasteiger partial charge in [-0.15, -0.1) is 0 Å². The lowest BCUT2D eigenvalue weighted by atomic mass is 10.1. The van der Waals surface area contributed by atoms with Crippen molar-refractivity contribution in [1.82, 2.24) is 0 Å². The number of anilines is 2. The number of hydrogen-bond acceptors (Lipinski definition) is 5. The summed E-state index contributed by atoms with van der Waals surface area (Å²) in [5.74, 6) is -0.102. The normalized spacial score (nSPS) is 14.6. The highest BCUT2D eigenvalue weighted by Crippen LogP contribution is 2.37. The van der Waals surface area contributed by atoms with Crippen molar-refractivity contribution in [1.29, 1.82) is 5.41 Å². The number of rotatable bonds is 6. The summed E-state index contributed by atoms with van der Waals surface area (Å²) < 4.78 is 6.58. The van der Waals surface area contributed by atoms with Crippen molar-refractivity contribution in [3.63, 3.8) is 0 Å². The fraction of sp³-hybridized carbons (Fsp3) is 0.115. The van der Waals surface area contributed by atoms with Crippen LogP contribution in [0.4, 0.5) is 11.4 Å². The van der Waals surface area contributed by atoms with E-state index in [1.165, 1.54) is 4.90 Å². The Morgan fingerprint density at radius 1 is 1.06 bits per heavy atom. The second kappa shape index (κ2) is 10.3. The fourth-order valence-electron chi connectivity index (χ4n) is 3.30. The van der Waals surface area contributed by atoms with E-state index in [9.17, 15) is 9.59 Å². The van der Waals surface area contributed by atoms with E-state index >= 15 is 0 Å². The van der Waals surface area contributed by atoms with Gasteiger partial charge in [-0.25, -0.2) is 0 Å². The molecular weight excluding hydrogens is 514 g/mol. The highest BCUT2D eigenvalue weighted by Gasteiger charge is 2.33. The zero-order valence-corrected chi connectivity index (χ0v) is 21.0. The van der Waals surface area contributed by atoms with Crippen molar-refractivity contribution in [2.45, 2.75) is 13.8 Å². The Balaban J connectivity index is 1.51. The number of amidine groups is 1. The van der Waals surface area contributed by atoms with Crippen LogP contribution in [0.5, 0.6) is 5.75 Å². The Morgan fingerprint density at radius 3 is 2.38 bits per heavy atom. The van der Waals surface area contributed by atoms with Gasteiger partial charge in [0.2, 0.25) is 0 Å². The topological polar surface area (TPSA) is 82.5 Å². The van der Waals surface area contributed by atoms with Gasteiger partial charge in [-0.2, -0.15) is 0 Å². The van der Waals surface area contributed by atoms with E-state index in [0.717, 1.165) is 27.4 Å². The molecule has 3 aromatic rings. The number of hydrogen-bond donors (Lipinski definition) is 2. The molecule has 0 bridgehead atoms. The largest absolute Gasteiger partial charge is 0.483 e. The third kappa shape index (κ3) is 5.58. The number of benzene rings is 3. The van der Waals surface area contributed by atoms with Crippen molar-refractivity contribution < 1.29 is 14.3 Å². The van der Waals surface area contributed by atoms with E-state index in [0.29, 0.717) is 27.6 Å². The number of carbonyl (C=O) groups is 2. The highest BCUT2D eigenvalue weighted by molar-refractivity contribution is 9.10. The molecule has 0 saturated carbocycles. The summed E-state index contributed by atoms with van der Waals surface area (Å²) in [6, 6.07) is 20.3. The van der Waals surface area contributed by atoms with Crippen LogP contribution in [-0.4, -0.2) is 23.6 Å². The predicted octanol–water partition coefficient (Wildman–Crippen LogP) is 6.14. The van der Waals surface area contributed by atoms with Crippen LogP contribution in [-0.2, 0) is 9.59 Å². The Kier molecular flexibility index (Phi) is 7.19. The Morgan fingerprint density at radius 2 is 1.71 bits per heavy atom. The molecule has 34 heavy (non-hydrogen) atoms. The van der Waals surface area contributed by atoms with Gasteiger partial charge in [-0.05, 0) is 74.1 Å². The maximum Gasteiger partial charge on any atom is 0.271 e. The zero-order chi connectivity index (χ0) is 24.2.